The van der Waals surface area contributed by atoms with E-state index in [2.05, 4.69) is 6.92 Å². The Hall–Kier alpha value is -0.580. The quantitative estimate of drug-likeness (QED) is 0.924. The van der Waals surface area contributed by atoms with Crippen LogP contribution in [0.15, 0.2) is 11.4 Å². The minimum Gasteiger partial charge on any atom is -0.342 e. The van der Waals surface area contributed by atoms with Gasteiger partial charge in [-0.1, -0.05) is 18.5 Å². The number of carbonyl (C=O) groups excluding carboxylic acids is 1. The van der Waals surface area contributed by atoms with Gasteiger partial charge in [-0.05, 0) is 30.9 Å². The third kappa shape index (κ3) is 3.25. The fourth-order valence-corrected chi connectivity index (χ4v) is 3.35. The van der Waals surface area contributed by atoms with Crippen LogP contribution in [0.5, 0.6) is 0 Å². The molecule has 1 aromatic rings. The lowest BCUT2D eigenvalue weighted by Crippen LogP contribution is -2.34. The first-order chi connectivity index (χ1) is 8.52. The molecule has 2 rings (SSSR count). The summed E-state index contributed by atoms with van der Waals surface area (Å²) < 4.78 is 0. The van der Waals surface area contributed by atoms with Crippen molar-refractivity contribution in [2.24, 2.45) is 11.1 Å². The third-order valence-electron chi connectivity index (χ3n) is 3.61. The highest BCUT2D eigenvalue weighted by Gasteiger charge is 2.34. The van der Waals surface area contributed by atoms with Crippen molar-refractivity contribution < 1.29 is 4.79 Å². The second-order valence-corrected chi connectivity index (χ2v) is 6.74. The van der Waals surface area contributed by atoms with Crippen LogP contribution in [0.4, 0.5) is 0 Å². The van der Waals surface area contributed by atoms with Crippen molar-refractivity contribution in [3.05, 3.63) is 21.3 Å². The smallest absolute Gasteiger partial charge is 0.222 e. The number of hydrogen-bond acceptors (Lipinski definition) is 3. The van der Waals surface area contributed by atoms with E-state index in [1.54, 1.807) is 11.3 Å². The second-order valence-electron chi connectivity index (χ2n) is 5.31. The molecule has 1 saturated heterocycles. The van der Waals surface area contributed by atoms with Crippen LogP contribution in [-0.2, 0) is 11.2 Å². The van der Waals surface area contributed by atoms with Crippen LogP contribution < -0.4 is 5.73 Å². The number of thiophene rings is 1. The molecule has 1 aliphatic rings. The number of hydrogen-bond donors (Lipinski definition) is 1. The maximum atomic E-state index is 12.1. The SMILES string of the molecule is CC1(CN)CCN(C(=O)CCc2cc(Cl)cs2)C1. The van der Waals surface area contributed by atoms with Crippen molar-refractivity contribution in [3.63, 3.8) is 0 Å². The van der Waals surface area contributed by atoms with Crippen LogP contribution in [0.2, 0.25) is 5.02 Å². The summed E-state index contributed by atoms with van der Waals surface area (Å²) in [6, 6.07) is 1.94. The van der Waals surface area contributed by atoms with Gasteiger partial charge in [0.2, 0.25) is 5.91 Å². The molecule has 3 nitrogen and oxygen atoms in total. The lowest BCUT2D eigenvalue weighted by atomic mass is 9.90. The van der Waals surface area contributed by atoms with Gasteiger partial charge in [0.25, 0.3) is 0 Å². The molecule has 1 aromatic heterocycles. The number of carbonyl (C=O) groups is 1. The van der Waals surface area contributed by atoms with Gasteiger partial charge in [0, 0.05) is 29.8 Å². The van der Waals surface area contributed by atoms with Gasteiger partial charge in [0.1, 0.15) is 0 Å². The van der Waals surface area contributed by atoms with Crippen molar-refractivity contribution in [2.75, 3.05) is 19.6 Å². The minimum absolute atomic E-state index is 0.113. The number of aryl methyl sites for hydroxylation is 1. The van der Waals surface area contributed by atoms with Gasteiger partial charge < -0.3 is 10.6 Å². The second kappa shape index (κ2) is 5.59. The van der Waals surface area contributed by atoms with Crippen LogP contribution in [0.25, 0.3) is 0 Å². The zero-order valence-electron chi connectivity index (χ0n) is 10.6. The summed E-state index contributed by atoms with van der Waals surface area (Å²) in [5, 5.41) is 2.67. The molecular formula is C13H19ClN2OS. The lowest BCUT2D eigenvalue weighted by Gasteiger charge is -2.22. The first kappa shape index (κ1) is 13.8. The van der Waals surface area contributed by atoms with Crippen molar-refractivity contribution in [1.82, 2.24) is 4.90 Å². The van der Waals surface area contributed by atoms with Crippen LogP contribution in [0.3, 0.4) is 0 Å². The van der Waals surface area contributed by atoms with Gasteiger partial charge >= 0.3 is 0 Å². The molecule has 18 heavy (non-hydrogen) atoms. The molecule has 0 radical (unpaired) electrons. The molecule has 100 valence electrons. The van der Waals surface area contributed by atoms with Gasteiger partial charge in [0.15, 0.2) is 0 Å². The highest BCUT2D eigenvalue weighted by Crippen LogP contribution is 2.29. The predicted molar refractivity (Wildman–Crippen MR) is 76.0 cm³/mol. The van der Waals surface area contributed by atoms with Crippen molar-refractivity contribution in [3.8, 4) is 0 Å². The van der Waals surface area contributed by atoms with Crippen LogP contribution >= 0.6 is 22.9 Å². The van der Waals surface area contributed by atoms with E-state index in [1.807, 2.05) is 16.3 Å². The molecule has 1 fully saturated rings. The normalized spacial score (nSPS) is 23.6. The van der Waals surface area contributed by atoms with Crippen LogP contribution in [-0.4, -0.2) is 30.4 Å². The Morgan fingerprint density at radius 2 is 2.44 bits per heavy atom. The molecule has 0 bridgehead atoms. The maximum absolute atomic E-state index is 12.1. The monoisotopic (exact) mass is 286 g/mol. The largest absolute Gasteiger partial charge is 0.342 e. The van der Waals surface area contributed by atoms with E-state index in [0.29, 0.717) is 13.0 Å². The molecule has 1 unspecified atom stereocenters. The fraction of sp³-hybridized carbons (Fsp3) is 0.615. The van der Waals surface area contributed by atoms with Gasteiger partial charge in [-0.3, -0.25) is 4.79 Å². The summed E-state index contributed by atoms with van der Waals surface area (Å²) in [5.41, 5.74) is 5.86. The van der Waals surface area contributed by atoms with Crippen LogP contribution in [0.1, 0.15) is 24.6 Å². The molecule has 2 heterocycles. The summed E-state index contributed by atoms with van der Waals surface area (Å²) in [5.74, 6) is 0.233. The zero-order chi connectivity index (χ0) is 13.2. The maximum Gasteiger partial charge on any atom is 0.222 e. The van der Waals surface area contributed by atoms with Crippen molar-refractivity contribution in [1.29, 1.82) is 0 Å². The first-order valence-corrected chi connectivity index (χ1v) is 7.49. The van der Waals surface area contributed by atoms with E-state index in [9.17, 15) is 4.79 Å². The Morgan fingerprint density at radius 3 is 3.00 bits per heavy atom. The van der Waals surface area contributed by atoms with Gasteiger partial charge in [-0.2, -0.15) is 0 Å². The molecular weight excluding hydrogens is 268 g/mol. The highest BCUT2D eigenvalue weighted by molar-refractivity contribution is 7.10. The Bertz CT molecular complexity index is 434. The summed E-state index contributed by atoms with van der Waals surface area (Å²) in [6.45, 7) is 4.45. The minimum atomic E-state index is 0.113. The summed E-state index contributed by atoms with van der Waals surface area (Å²) in [4.78, 5) is 15.2. The molecule has 5 heteroatoms. The number of nitrogens with two attached hydrogens (primary N) is 1. The predicted octanol–water partition coefficient (Wildman–Crippen LogP) is 2.53. The van der Waals surface area contributed by atoms with Gasteiger partial charge in [0.05, 0.1) is 5.02 Å². The van der Waals surface area contributed by atoms with E-state index < -0.39 is 0 Å². The Morgan fingerprint density at radius 1 is 1.67 bits per heavy atom. The lowest BCUT2D eigenvalue weighted by molar-refractivity contribution is -0.130. The molecule has 0 spiro atoms. The van der Waals surface area contributed by atoms with E-state index >= 15 is 0 Å². The summed E-state index contributed by atoms with van der Waals surface area (Å²) in [7, 11) is 0. The summed E-state index contributed by atoms with van der Waals surface area (Å²) >= 11 is 7.48. The highest BCUT2D eigenvalue weighted by atomic mass is 35.5. The van der Waals surface area contributed by atoms with Crippen molar-refractivity contribution >= 4 is 28.8 Å². The van der Waals surface area contributed by atoms with Crippen molar-refractivity contribution in [2.45, 2.75) is 26.2 Å². The van der Waals surface area contributed by atoms with E-state index in [-0.39, 0.29) is 11.3 Å². The summed E-state index contributed by atoms with van der Waals surface area (Å²) in [6.07, 6.45) is 2.36. The average molecular weight is 287 g/mol. The van der Waals surface area contributed by atoms with Gasteiger partial charge in [-0.25, -0.2) is 0 Å². The molecule has 0 aliphatic carbocycles. The van der Waals surface area contributed by atoms with E-state index in [0.717, 1.165) is 31.0 Å². The Kier molecular flexibility index (Phi) is 4.30. The Balaban J connectivity index is 1.82. The molecule has 0 saturated carbocycles. The Labute approximate surface area is 117 Å². The number of likely N-dealkylation sites (tertiary alicyclic amines) is 1. The zero-order valence-corrected chi connectivity index (χ0v) is 12.2. The molecule has 1 aliphatic heterocycles. The van der Waals surface area contributed by atoms with Gasteiger partial charge in [-0.15, -0.1) is 11.3 Å². The molecule has 1 atom stereocenters. The van der Waals surface area contributed by atoms with E-state index in [1.165, 1.54) is 4.88 Å². The molecule has 2 N–H and O–H groups in total. The molecule has 1 amide bonds. The number of halogens is 1. The average Bonchev–Trinajstić information content (AvgIpc) is 2.94. The number of nitrogens with zero attached hydrogens (tertiary/aromatic N) is 1. The van der Waals surface area contributed by atoms with Crippen LogP contribution in [0, 0.1) is 5.41 Å². The molecule has 0 aromatic carbocycles. The number of rotatable bonds is 4. The van der Waals surface area contributed by atoms with E-state index in [4.69, 9.17) is 17.3 Å². The topological polar surface area (TPSA) is 46.3 Å². The fourth-order valence-electron chi connectivity index (χ4n) is 2.28. The number of amides is 1. The third-order valence-corrected chi connectivity index (χ3v) is 4.95. The first-order valence-electron chi connectivity index (χ1n) is 6.23. The standard InChI is InChI=1S/C13H19ClN2OS/c1-13(8-15)4-5-16(9-13)12(17)3-2-11-6-10(14)7-18-11/h6-7H,2-5,8-9,15H2,1H3.